The maximum absolute atomic E-state index is 11.7. The number of aliphatic hydroxyl groups is 3. The summed E-state index contributed by atoms with van der Waals surface area (Å²) in [5.74, 6) is 8.38. The molecule has 0 aliphatic heterocycles. The third kappa shape index (κ3) is 8.92. The summed E-state index contributed by atoms with van der Waals surface area (Å²) in [4.78, 5) is 15.4. The Morgan fingerprint density at radius 3 is 1.04 bits per heavy atom. The average molecular weight is 1320 g/mol. The third-order valence-electron chi connectivity index (χ3n) is 41.0. The first-order valence-electron chi connectivity index (χ1n) is 41.7. The Hall–Kier alpha value is -1.02. The Balaban J connectivity index is 0.770. The number of hydrogen-bond acceptors (Lipinski definition) is 6. The normalized spacial score (nSPS) is 57.2. The van der Waals surface area contributed by atoms with Gasteiger partial charge in [-0.15, -0.1) is 0 Å². The summed E-state index contributed by atoms with van der Waals surface area (Å²) in [6.07, 6.45) is 35.0. The van der Waals surface area contributed by atoms with Gasteiger partial charge in [0.1, 0.15) is 0 Å². The second-order valence-electron chi connectivity index (χ2n) is 44.1. The van der Waals surface area contributed by atoms with Crippen molar-refractivity contribution in [2.45, 2.75) is 342 Å². The van der Waals surface area contributed by atoms with E-state index in [2.05, 4.69) is 125 Å². The van der Waals surface area contributed by atoms with Crippen LogP contribution in [0.3, 0.4) is 0 Å². The minimum Gasteiger partial charge on any atom is -0.393 e. The molecule has 96 heavy (non-hydrogen) atoms. The number of aliphatic hydroxyl groups excluding tert-OH is 3. The molecule has 0 heterocycles. The standard InChI is InChI=1S/C90H146O6/c1-54(2)57-28-43-88(49-46-82(16)60(72(57)88)22-25-66-79(13)37-34-69(91)76(7,8)63(79)31-40-85(66,82)19)52-94-75(90-45-30-59(56(5)6)74(90)62-24-27-68-81(15)39-36-71(93)78(11,12)65(81)33-42-87(68,21)84(62,18)48-51-90)96-95-53-89-44-29-58(55(3)4)73(89)61-23-26-67-80(14)38-35-70(92)77(9,10)64(80)32-41-86(67,20)83(61,17)47-50-89/h57-75,91-93H,1,3,5,22-53H2,2,4,6-21H3/t57-,58-,59-,60+,61+,62+,63-,64-,65-,66+,67+,68+,69-,70-,71-,72+,73+,74+,75?,79-,80-,81-,82+,83+,84+,85+,86+,87+,88+,89+,90-/m0/s1. The molecule has 0 amide bonds. The zero-order valence-electron chi connectivity index (χ0n) is 65.3. The molecule has 15 saturated carbocycles. The van der Waals surface area contributed by atoms with E-state index in [4.69, 9.17) is 34.2 Å². The van der Waals surface area contributed by atoms with Crippen LogP contribution < -0.4 is 0 Å². The van der Waals surface area contributed by atoms with E-state index in [1.54, 1.807) is 0 Å². The molecule has 15 fully saturated rings. The number of allylic oxidation sites excluding steroid dienone is 3. The van der Waals surface area contributed by atoms with Gasteiger partial charge >= 0.3 is 0 Å². The Bertz CT molecular complexity index is 3070. The minimum absolute atomic E-state index is 0.0272. The van der Waals surface area contributed by atoms with E-state index < -0.39 is 6.29 Å². The van der Waals surface area contributed by atoms with Crippen molar-refractivity contribution in [1.29, 1.82) is 0 Å². The molecule has 0 saturated heterocycles. The van der Waals surface area contributed by atoms with Crippen LogP contribution in [0.25, 0.3) is 0 Å². The first-order valence-corrected chi connectivity index (χ1v) is 41.7. The van der Waals surface area contributed by atoms with E-state index in [0.29, 0.717) is 95.4 Å². The highest BCUT2D eigenvalue weighted by Crippen LogP contribution is 2.83. The van der Waals surface area contributed by atoms with Crippen LogP contribution >= 0.6 is 0 Å². The van der Waals surface area contributed by atoms with Crippen LogP contribution in [0.15, 0.2) is 36.5 Å². The predicted octanol–water partition coefficient (Wildman–Crippen LogP) is 22.3. The number of ether oxygens (including phenoxy) is 1. The van der Waals surface area contributed by atoms with Crippen molar-refractivity contribution in [3.63, 3.8) is 0 Å². The van der Waals surface area contributed by atoms with Crippen molar-refractivity contribution in [3.05, 3.63) is 36.5 Å². The number of hydrogen-bond donors (Lipinski definition) is 3. The van der Waals surface area contributed by atoms with Gasteiger partial charge in [0, 0.05) is 10.8 Å². The molecule has 0 aromatic carbocycles. The van der Waals surface area contributed by atoms with E-state index in [9.17, 15) is 15.3 Å². The summed E-state index contributed by atoms with van der Waals surface area (Å²) in [5.41, 5.74) is 5.97. The van der Waals surface area contributed by atoms with Gasteiger partial charge in [0.15, 0.2) is 6.29 Å². The highest BCUT2D eigenvalue weighted by Gasteiger charge is 2.76. The molecule has 6 heteroatoms. The van der Waals surface area contributed by atoms with E-state index >= 15 is 0 Å². The largest absolute Gasteiger partial charge is 0.393 e. The Kier molecular flexibility index (Phi) is 16.6. The summed E-state index contributed by atoms with van der Waals surface area (Å²) in [7, 11) is 0. The Labute approximate surface area is 588 Å². The molecular formula is C90H146O6. The van der Waals surface area contributed by atoms with E-state index in [1.807, 2.05) is 0 Å². The van der Waals surface area contributed by atoms with Gasteiger partial charge in [0.25, 0.3) is 0 Å². The molecule has 0 aromatic heterocycles. The van der Waals surface area contributed by atoms with Crippen LogP contribution in [0.1, 0.15) is 317 Å². The van der Waals surface area contributed by atoms with Gasteiger partial charge in [-0.3, -0.25) is 0 Å². The van der Waals surface area contributed by atoms with Crippen molar-refractivity contribution < 1.29 is 29.8 Å². The van der Waals surface area contributed by atoms with E-state index in [1.165, 1.54) is 164 Å². The van der Waals surface area contributed by atoms with E-state index in [0.717, 1.165) is 51.6 Å². The van der Waals surface area contributed by atoms with Crippen LogP contribution in [-0.4, -0.2) is 53.1 Å². The second kappa shape index (κ2) is 22.5. The van der Waals surface area contributed by atoms with Gasteiger partial charge in [0.05, 0.1) is 31.5 Å². The third-order valence-corrected chi connectivity index (χ3v) is 41.0. The molecule has 3 N–H and O–H groups in total. The van der Waals surface area contributed by atoms with Crippen molar-refractivity contribution in [1.82, 2.24) is 0 Å². The zero-order valence-corrected chi connectivity index (χ0v) is 65.3. The lowest BCUT2D eigenvalue weighted by Gasteiger charge is -2.73. The van der Waals surface area contributed by atoms with Crippen molar-refractivity contribution in [2.75, 3.05) is 13.2 Å². The summed E-state index contributed by atoms with van der Waals surface area (Å²) >= 11 is 0. The molecule has 15 rings (SSSR count). The minimum atomic E-state index is -0.456. The first-order chi connectivity index (χ1) is 44.7. The van der Waals surface area contributed by atoms with Crippen LogP contribution in [0, 0.1) is 170 Å². The number of fused-ring (bicyclic) bond motifs is 21. The topological polar surface area (TPSA) is 88.4 Å². The highest BCUT2D eigenvalue weighted by atomic mass is 17.2. The highest BCUT2D eigenvalue weighted by molar-refractivity contribution is 5.27. The maximum atomic E-state index is 11.7. The SMILES string of the molecule is C=C(C)[C@@H]1CC[C@]2(COOC(OC[C@]34CC[C@@H](C(=C)C)[C@@H]3[C@H]3CC[C@@H]5[C@@]6(C)CC[C@H](O)C(C)(C)[C@@H]6CC[C@@]5(C)[C@]3(C)CC4)[C@]34CC[C@@H](C(=C)C)[C@@H]3[C@H]3CC[C@@H]5[C@@]6(C)CC[C@H](O)C(C)(C)[C@@H]6CC[C@@]5(C)[C@]3(C)CC4)CC[C@]3(C)[C@H](CC[C@@H]4[C@@]5(C)CC[C@H](O)C(C)(C)[C@@H]5CC[C@]43C)[C@@H]12. The van der Waals surface area contributed by atoms with Gasteiger partial charge in [-0.25, -0.2) is 9.78 Å². The fourth-order valence-corrected chi connectivity index (χ4v) is 35.4. The van der Waals surface area contributed by atoms with Crippen LogP contribution in [0.2, 0.25) is 0 Å². The van der Waals surface area contributed by atoms with Crippen LogP contribution in [0.4, 0.5) is 0 Å². The molecule has 0 bridgehead atoms. The molecule has 542 valence electrons. The molecule has 0 radical (unpaired) electrons. The Morgan fingerprint density at radius 1 is 0.333 bits per heavy atom. The average Bonchev–Trinajstić information content (AvgIpc) is 0.771. The Morgan fingerprint density at radius 2 is 0.667 bits per heavy atom. The van der Waals surface area contributed by atoms with E-state index in [-0.39, 0.29) is 99.5 Å². The van der Waals surface area contributed by atoms with Crippen LogP contribution in [-0.2, 0) is 14.5 Å². The van der Waals surface area contributed by atoms with Gasteiger partial charge in [-0.1, -0.05) is 140 Å². The first kappa shape index (κ1) is 70.6. The molecule has 15 aliphatic rings. The van der Waals surface area contributed by atoms with Gasteiger partial charge in [-0.2, -0.15) is 0 Å². The summed E-state index contributed by atoms with van der Waals surface area (Å²) < 4.78 is 8.34. The molecule has 15 aliphatic carbocycles. The molecule has 1 unspecified atom stereocenters. The van der Waals surface area contributed by atoms with Crippen LogP contribution in [0.5, 0.6) is 0 Å². The van der Waals surface area contributed by atoms with Gasteiger partial charge in [0.2, 0.25) is 0 Å². The van der Waals surface area contributed by atoms with Crippen molar-refractivity contribution in [2.24, 2.45) is 170 Å². The lowest BCUT2D eigenvalue weighted by atomic mass is 9.32. The summed E-state index contributed by atoms with van der Waals surface area (Å²) in [6, 6.07) is 0. The quantitative estimate of drug-likeness (QED) is 0.0827. The number of rotatable bonds is 11. The predicted molar refractivity (Wildman–Crippen MR) is 392 cm³/mol. The molecule has 0 aromatic rings. The molecule has 31 atom stereocenters. The second-order valence-corrected chi connectivity index (χ2v) is 44.1. The lowest BCUT2D eigenvalue weighted by Crippen LogP contribution is -2.67. The zero-order chi connectivity index (χ0) is 69.0. The maximum Gasteiger partial charge on any atom is 0.197 e. The lowest BCUT2D eigenvalue weighted by molar-refractivity contribution is -0.429. The fourth-order valence-electron chi connectivity index (χ4n) is 35.4. The van der Waals surface area contributed by atoms with Crippen molar-refractivity contribution in [3.8, 4) is 0 Å². The summed E-state index contributed by atoms with van der Waals surface area (Å²) in [6.45, 7) is 62.7. The molecule has 6 nitrogen and oxygen atoms in total. The van der Waals surface area contributed by atoms with Crippen molar-refractivity contribution >= 4 is 0 Å². The van der Waals surface area contributed by atoms with Gasteiger partial charge in [-0.05, 0) is 373 Å². The molecule has 0 spiro atoms. The smallest absolute Gasteiger partial charge is 0.197 e. The fraction of sp³-hybridized carbons (Fsp3) is 0.933. The monoisotopic (exact) mass is 1320 g/mol. The summed E-state index contributed by atoms with van der Waals surface area (Å²) in [5, 5.41) is 34.8. The van der Waals surface area contributed by atoms with Gasteiger partial charge < -0.3 is 20.1 Å². The molecular weight excluding hydrogens is 1180 g/mol.